The molecule has 0 radical (unpaired) electrons. The van der Waals surface area contributed by atoms with E-state index in [1.54, 1.807) is 12.1 Å². The van der Waals surface area contributed by atoms with Gasteiger partial charge in [-0.05, 0) is 25.0 Å². The lowest BCUT2D eigenvalue weighted by Gasteiger charge is -2.29. The first-order valence-electron chi connectivity index (χ1n) is 7.50. The molecule has 0 spiro atoms. The number of alkyl halides is 2. The zero-order chi connectivity index (χ0) is 15.1. The van der Waals surface area contributed by atoms with Gasteiger partial charge >= 0.3 is 12.6 Å². The van der Waals surface area contributed by atoms with Gasteiger partial charge in [-0.1, -0.05) is 5.10 Å². The van der Waals surface area contributed by atoms with Crippen LogP contribution in [0.15, 0.2) is 22.7 Å². The molecule has 0 saturated carbocycles. The predicted octanol–water partition coefficient (Wildman–Crippen LogP) is 2.22. The Bertz CT molecular complexity index is 647. The summed E-state index contributed by atoms with van der Waals surface area (Å²) in [6.45, 7) is 1.37. The number of fused-ring (bicyclic) bond motifs is 4. The minimum Gasteiger partial charge on any atom is -0.402 e. The third kappa shape index (κ3) is 2.27. The molecule has 2 bridgehead atoms. The molecule has 0 N–H and O–H groups in total. The average Bonchev–Trinajstić information content (AvgIpc) is 3.10. The van der Waals surface area contributed by atoms with Crippen LogP contribution in [0.25, 0.3) is 11.6 Å². The minimum atomic E-state index is -2.62. The molecule has 3 aliphatic heterocycles. The standard InChI is InChI=1S/C14H17F2N5O/c15-13(16)21-5-1-2-11(21)12-17-18-14(22-12)20-9-8-19-6-3-10(20)4-7-19/h1-2,5,10,13H,3-4,6-9H2/i15-1,16-1. The Morgan fingerprint density at radius 3 is 2.73 bits per heavy atom. The van der Waals surface area contributed by atoms with Crippen LogP contribution in [-0.4, -0.2) is 51.9 Å². The fraction of sp³-hybridized carbons (Fsp3) is 0.571. The average molecular weight is 307 g/mol. The molecule has 0 atom stereocenters. The van der Waals surface area contributed by atoms with Gasteiger partial charge in [0, 0.05) is 38.4 Å². The van der Waals surface area contributed by atoms with E-state index in [0.29, 0.717) is 12.1 Å². The number of anilines is 1. The van der Waals surface area contributed by atoms with Crippen molar-refractivity contribution in [2.24, 2.45) is 0 Å². The summed E-state index contributed by atoms with van der Waals surface area (Å²) in [5.41, 5.74) is 0.247. The van der Waals surface area contributed by atoms with E-state index >= 15 is 0 Å². The first-order chi connectivity index (χ1) is 10.7. The second-order valence-corrected chi connectivity index (χ2v) is 5.73. The highest BCUT2D eigenvalue weighted by Gasteiger charge is 2.32. The highest BCUT2D eigenvalue weighted by atomic mass is 18.3. The Morgan fingerprint density at radius 2 is 1.95 bits per heavy atom. The van der Waals surface area contributed by atoms with E-state index in [1.165, 1.54) is 6.20 Å². The van der Waals surface area contributed by atoms with Crippen LogP contribution in [0.3, 0.4) is 0 Å². The van der Waals surface area contributed by atoms with E-state index in [9.17, 15) is 8.78 Å². The summed E-state index contributed by atoms with van der Waals surface area (Å²) in [4.78, 5) is 4.55. The number of hydrogen-bond acceptors (Lipinski definition) is 5. The van der Waals surface area contributed by atoms with E-state index in [4.69, 9.17) is 4.42 Å². The zero-order valence-electron chi connectivity index (χ0n) is 12.0. The van der Waals surface area contributed by atoms with Gasteiger partial charge in [0.15, 0.2) is 0 Å². The maximum Gasteiger partial charge on any atom is 0.319 e. The molecule has 0 amide bonds. The van der Waals surface area contributed by atoms with Crippen LogP contribution in [0.2, 0.25) is 0 Å². The van der Waals surface area contributed by atoms with Crippen LogP contribution in [0.1, 0.15) is 19.4 Å². The maximum absolute atomic E-state index is 12.9. The summed E-state index contributed by atoms with van der Waals surface area (Å²) in [6, 6.07) is 3.94. The molecule has 6 nitrogen and oxygen atoms in total. The topological polar surface area (TPSA) is 50.3 Å². The molecule has 0 aliphatic carbocycles. The highest BCUT2D eigenvalue weighted by Crippen LogP contribution is 2.29. The monoisotopic (exact) mass is 307 g/mol. The molecule has 5 heterocycles. The first kappa shape index (κ1) is 13.7. The molecular formula is C14H17F2N5O. The Hall–Kier alpha value is -1.96. The van der Waals surface area contributed by atoms with E-state index in [0.717, 1.165) is 43.6 Å². The third-order valence-corrected chi connectivity index (χ3v) is 4.52. The number of halogens is 2. The SMILES string of the molecule is [18F]C([18F])n1cccc1-c1nnc(N2CCN3CCC2CC3)o1. The Kier molecular flexibility index (Phi) is 3.33. The van der Waals surface area contributed by atoms with Crippen molar-refractivity contribution in [1.82, 2.24) is 19.7 Å². The smallest absolute Gasteiger partial charge is 0.319 e. The van der Waals surface area contributed by atoms with Crippen LogP contribution in [-0.2, 0) is 0 Å². The number of hydrogen-bond donors (Lipinski definition) is 0. The van der Waals surface area contributed by atoms with E-state index in [2.05, 4.69) is 20.0 Å². The molecule has 0 unspecified atom stereocenters. The van der Waals surface area contributed by atoms with Gasteiger partial charge in [-0.25, -0.2) is 0 Å². The second-order valence-electron chi connectivity index (χ2n) is 5.73. The van der Waals surface area contributed by atoms with E-state index < -0.39 is 6.55 Å². The Morgan fingerprint density at radius 1 is 1.14 bits per heavy atom. The summed E-state index contributed by atoms with van der Waals surface area (Å²) < 4.78 is 32.4. The summed E-state index contributed by atoms with van der Waals surface area (Å²) in [6.07, 6.45) is 3.46. The quantitative estimate of drug-likeness (QED) is 0.870. The molecular weight excluding hydrogens is 290 g/mol. The summed E-state index contributed by atoms with van der Waals surface area (Å²) in [7, 11) is 0. The fourth-order valence-electron chi connectivity index (χ4n) is 3.32. The molecule has 8 heteroatoms. The largest absolute Gasteiger partial charge is 0.402 e. The lowest BCUT2D eigenvalue weighted by Crippen LogP contribution is -2.38. The molecule has 2 aromatic heterocycles. The van der Waals surface area contributed by atoms with Crippen molar-refractivity contribution in [2.75, 3.05) is 31.1 Å². The Labute approximate surface area is 126 Å². The second kappa shape index (κ2) is 5.35. The molecule has 22 heavy (non-hydrogen) atoms. The normalized spacial score (nSPS) is 25.0. The summed E-state index contributed by atoms with van der Waals surface area (Å²) >= 11 is 0. The van der Waals surface area contributed by atoms with Crippen molar-refractivity contribution in [3.05, 3.63) is 18.3 Å². The maximum atomic E-state index is 12.9. The van der Waals surface area contributed by atoms with E-state index in [-0.39, 0.29) is 11.6 Å². The molecule has 118 valence electrons. The van der Waals surface area contributed by atoms with Gasteiger partial charge < -0.3 is 14.2 Å². The molecule has 5 rings (SSSR count). The molecule has 2 aromatic rings. The first-order valence-corrected chi connectivity index (χ1v) is 7.50. The molecule has 3 aliphatic rings. The summed E-state index contributed by atoms with van der Waals surface area (Å²) in [5, 5.41) is 8.05. The van der Waals surface area contributed by atoms with Gasteiger partial charge in [0.25, 0.3) is 5.89 Å². The van der Waals surface area contributed by atoms with Gasteiger partial charge in [-0.3, -0.25) is 4.57 Å². The van der Waals surface area contributed by atoms with Crippen LogP contribution in [0.4, 0.5) is 14.8 Å². The van der Waals surface area contributed by atoms with Crippen molar-refractivity contribution in [3.8, 4) is 11.6 Å². The number of aromatic nitrogens is 3. The van der Waals surface area contributed by atoms with Crippen LogP contribution in [0, 0.1) is 0 Å². The molecule has 0 aromatic carbocycles. The third-order valence-electron chi connectivity index (χ3n) is 4.52. The van der Waals surface area contributed by atoms with Gasteiger partial charge in [-0.2, -0.15) is 8.78 Å². The lowest BCUT2D eigenvalue weighted by molar-refractivity contribution is 0.0719. The van der Waals surface area contributed by atoms with Crippen LogP contribution in [0.5, 0.6) is 0 Å². The lowest BCUT2D eigenvalue weighted by atomic mass is 10.1. The van der Waals surface area contributed by atoms with Crippen LogP contribution >= 0.6 is 0 Å². The zero-order valence-corrected chi connectivity index (χ0v) is 12.0. The van der Waals surface area contributed by atoms with Crippen molar-refractivity contribution < 1.29 is 13.2 Å². The summed E-state index contributed by atoms with van der Waals surface area (Å²) in [5.74, 6) is 0.138. The predicted molar refractivity (Wildman–Crippen MR) is 75.8 cm³/mol. The van der Waals surface area contributed by atoms with Gasteiger partial charge in [0.1, 0.15) is 5.69 Å². The van der Waals surface area contributed by atoms with Gasteiger partial charge in [0.05, 0.1) is 0 Å². The van der Waals surface area contributed by atoms with Crippen LogP contribution < -0.4 is 4.90 Å². The van der Waals surface area contributed by atoms with Crippen molar-refractivity contribution in [1.29, 1.82) is 0 Å². The number of nitrogens with zero attached hydrogens (tertiary/aromatic N) is 5. The van der Waals surface area contributed by atoms with Crippen molar-refractivity contribution in [2.45, 2.75) is 25.4 Å². The van der Waals surface area contributed by atoms with Gasteiger partial charge in [-0.15, -0.1) is 5.10 Å². The number of rotatable bonds is 3. The van der Waals surface area contributed by atoms with E-state index in [1.807, 2.05) is 0 Å². The van der Waals surface area contributed by atoms with Crippen molar-refractivity contribution in [3.63, 3.8) is 0 Å². The molecule has 3 fully saturated rings. The minimum absolute atomic E-state index is 0.138. The van der Waals surface area contributed by atoms with Gasteiger partial charge in [0.2, 0.25) is 0 Å². The number of piperidine rings is 1. The highest BCUT2D eigenvalue weighted by molar-refractivity contribution is 5.49. The fourth-order valence-corrected chi connectivity index (χ4v) is 3.32. The van der Waals surface area contributed by atoms with Crippen molar-refractivity contribution >= 4 is 6.01 Å². The molecule has 3 saturated heterocycles. The Balaban J connectivity index is 1.62.